The van der Waals surface area contributed by atoms with Crippen LogP contribution in [0.2, 0.25) is 0 Å². The predicted octanol–water partition coefficient (Wildman–Crippen LogP) is 4.55. The number of rotatable bonds is 6. The van der Waals surface area contributed by atoms with Gasteiger partial charge in [-0.1, -0.05) is 66.8 Å². The Bertz CT molecular complexity index is 995. The summed E-state index contributed by atoms with van der Waals surface area (Å²) in [6, 6.07) is 15.4. The number of hydrogen-bond acceptors (Lipinski definition) is 4. The second kappa shape index (κ2) is 8.02. The largest absolute Gasteiger partial charge is 0.443 e. The Morgan fingerprint density at radius 3 is 2.43 bits per heavy atom. The van der Waals surface area contributed by atoms with E-state index >= 15 is 0 Å². The molecule has 1 fully saturated rings. The summed E-state index contributed by atoms with van der Waals surface area (Å²) in [6.45, 7) is 7.58. The third kappa shape index (κ3) is 4.02. The number of carbonyl (C=O) groups is 1. The van der Waals surface area contributed by atoms with Crippen molar-refractivity contribution in [3.63, 3.8) is 0 Å². The second-order valence-corrected chi connectivity index (χ2v) is 8.64. The normalized spacial score (nSPS) is 19.8. The summed E-state index contributed by atoms with van der Waals surface area (Å²) in [5, 5.41) is 0. The molecule has 0 saturated carbocycles. The molecular weight excluding hydrogens is 374 g/mol. The summed E-state index contributed by atoms with van der Waals surface area (Å²) in [5.74, 6) is 0. The molecule has 2 atom stereocenters. The van der Waals surface area contributed by atoms with E-state index in [1.807, 2.05) is 49.4 Å². The van der Waals surface area contributed by atoms with Crippen LogP contribution in [0, 0.1) is 6.92 Å². The van der Waals surface area contributed by atoms with Gasteiger partial charge in [0.25, 0.3) is 10.0 Å². The number of sulfonamides is 1. The molecule has 1 aliphatic rings. The first kappa shape index (κ1) is 19.9. The standard InChI is InChI=1S/C22H23NO4S/c1-16-12-14-20(15-13-16)28(25,26)23-21(18(3)27-22(23)24)17(2)8-7-11-19-9-5-4-6-10-19/h4-7,9-15,18,21H,2,8H2,1,3H3/b11-7-/t18-,21-/m0/s1. The number of nitrogens with zero attached hydrogens (tertiary/aromatic N) is 1. The minimum absolute atomic E-state index is 0.0572. The molecule has 0 N–H and O–H groups in total. The van der Waals surface area contributed by atoms with Gasteiger partial charge in [-0.05, 0) is 43.5 Å². The number of cyclic esters (lactones) is 1. The molecule has 1 amide bonds. The summed E-state index contributed by atoms with van der Waals surface area (Å²) in [5.41, 5.74) is 2.57. The molecule has 0 spiro atoms. The molecule has 3 rings (SSSR count). The summed E-state index contributed by atoms with van der Waals surface area (Å²) in [4.78, 5) is 12.4. The van der Waals surface area contributed by atoms with E-state index < -0.39 is 28.3 Å². The average molecular weight is 397 g/mol. The maximum atomic E-state index is 13.1. The van der Waals surface area contributed by atoms with Crippen molar-refractivity contribution in [1.82, 2.24) is 4.31 Å². The molecule has 1 heterocycles. The van der Waals surface area contributed by atoms with Gasteiger partial charge in [-0.2, -0.15) is 4.31 Å². The monoisotopic (exact) mass is 397 g/mol. The second-order valence-electron chi connectivity index (χ2n) is 6.82. The zero-order valence-corrected chi connectivity index (χ0v) is 16.7. The van der Waals surface area contributed by atoms with E-state index in [4.69, 9.17) is 4.74 Å². The lowest BCUT2D eigenvalue weighted by atomic mass is 10.0. The van der Waals surface area contributed by atoms with E-state index in [-0.39, 0.29) is 4.90 Å². The highest BCUT2D eigenvalue weighted by molar-refractivity contribution is 7.89. The Balaban J connectivity index is 1.83. The number of ether oxygens (including phenoxy) is 1. The number of carbonyl (C=O) groups excluding carboxylic acids is 1. The van der Waals surface area contributed by atoms with Crippen molar-refractivity contribution in [2.24, 2.45) is 0 Å². The van der Waals surface area contributed by atoms with Crippen LogP contribution in [0.5, 0.6) is 0 Å². The van der Waals surface area contributed by atoms with Crippen LogP contribution in [0.4, 0.5) is 4.79 Å². The van der Waals surface area contributed by atoms with Gasteiger partial charge in [-0.15, -0.1) is 0 Å². The lowest BCUT2D eigenvalue weighted by Crippen LogP contribution is -2.41. The molecule has 28 heavy (non-hydrogen) atoms. The summed E-state index contributed by atoms with van der Waals surface area (Å²) in [7, 11) is -4.04. The van der Waals surface area contributed by atoms with Gasteiger partial charge in [0.2, 0.25) is 0 Å². The fraction of sp³-hybridized carbons (Fsp3) is 0.227. The first-order valence-corrected chi connectivity index (χ1v) is 10.5. The Hall–Kier alpha value is -2.86. The molecule has 1 aliphatic heterocycles. The van der Waals surface area contributed by atoms with Crippen molar-refractivity contribution in [2.45, 2.75) is 37.3 Å². The van der Waals surface area contributed by atoms with Crippen LogP contribution in [-0.4, -0.2) is 31.0 Å². The van der Waals surface area contributed by atoms with E-state index in [1.165, 1.54) is 12.1 Å². The molecular formula is C22H23NO4S. The van der Waals surface area contributed by atoms with Crippen LogP contribution >= 0.6 is 0 Å². The molecule has 2 aromatic rings. The Morgan fingerprint density at radius 2 is 1.79 bits per heavy atom. The molecule has 2 aromatic carbocycles. The van der Waals surface area contributed by atoms with Crippen molar-refractivity contribution < 1.29 is 17.9 Å². The Labute approximate surface area is 166 Å². The Kier molecular flexibility index (Phi) is 5.70. The SMILES string of the molecule is C=C(C/C=C\c1ccccc1)[C@H]1[C@H](C)OC(=O)N1S(=O)(=O)c1ccc(C)cc1. The fourth-order valence-corrected chi connectivity index (χ4v) is 4.75. The topological polar surface area (TPSA) is 63.7 Å². The summed E-state index contributed by atoms with van der Waals surface area (Å²) in [6.07, 6.45) is 2.80. The highest BCUT2D eigenvalue weighted by Crippen LogP contribution is 2.32. The van der Waals surface area contributed by atoms with Gasteiger partial charge in [0, 0.05) is 0 Å². The van der Waals surface area contributed by atoms with Gasteiger partial charge in [-0.25, -0.2) is 13.2 Å². The number of aryl methyl sites for hydroxylation is 1. The zero-order valence-electron chi connectivity index (χ0n) is 15.9. The Morgan fingerprint density at radius 1 is 1.14 bits per heavy atom. The van der Waals surface area contributed by atoms with Crippen LogP contribution in [0.15, 0.2) is 77.7 Å². The lowest BCUT2D eigenvalue weighted by molar-refractivity contribution is 0.141. The minimum Gasteiger partial charge on any atom is -0.443 e. The number of allylic oxidation sites excluding steroid dienone is 1. The van der Waals surface area contributed by atoms with Crippen LogP contribution in [0.3, 0.4) is 0 Å². The molecule has 5 nitrogen and oxygen atoms in total. The minimum atomic E-state index is -4.04. The molecule has 0 radical (unpaired) electrons. The first-order valence-electron chi connectivity index (χ1n) is 9.01. The maximum Gasteiger partial charge on any atom is 0.424 e. The van der Waals surface area contributed by atoms with E-state index in [2.05, 4.69) is 6.58 Å². The van der Waals surface area contributed by atoms with Gasteiger partial charge < -0.3 is 4.74 Å². The first-order chi connectivity index (χ1) is 13.3. The van der Waals surface area contributed by atoms with Crippen LogP contribution in [0.25, 0.3) is 6.08 Å². The number of amides is 1. The van der Waals surface area contributed by atoms with Gasteiger partial charge in [0.15, 0.2) is 0 Å². The third-order valence-electron chi connectivity index (χ3n) is 4.65. The lowest BCUT2D eigenvalue weighted by Gasteiger charge is -2.24. The predicted molar refractivity (Wildman–Crippen MR) is 109 cm³/mol. The van der Waals surface area contributed by atoms with E-state index in [0.29, 0.717) is 12.0 Å². The molecule has 6 heteroatoms. The summed E-state index contributed by atoms with van der Waals surface area (Å²) < 4.78 is 32.2. The van der Waals surface area contributed by atoms with E-state index in [1.54, 1.807) is 19.1 Å². The van der Waals surface area contributed by atoms with E-state index in [0.717, 1.165) is 15.4 Å². The van der Waals surface area contributed by atoms with Crippen molar-refractivity contribution in [3.05, 3.63) is 84.0 Å². The highest BCUT2D eigenvalue weighted by atomic mass is 32.2. The fourth-order valence-electron chi connectivity index (χ4n) is 3.18. The highest BCUT2D eigenvalue weighted by Gasteiger charge is 2.47. The van der Waals surface area contributed by atoms with Gasteiger partial charge >= 0.3 is 6.09 Å². The number of hydrogen-bond donors (Lipinski definition) is 0. The zero-order chi connectivity index (χ0) is 20.3. The van der Waals surface area contributed by atoms with Crippen LogP contribution < -0.4 is 0 Å². The molecule has 0 aliphatic carbocycles. The van der Waals surface area contributed by atoms with Gasteiger partial charge in [-0.3, -0.25) is 0 Å². The van der Waals surface area contributed by atoms with Crippen molar-refractivity contribution in [1.29, 1.82) is 0 Å². The molecule has 0 aromatic heterocycles. The van der Waals surface area contributed by atoms with Crippen LogP contribution in [-0.2, 0) is 14.8 Å². The third-order valence-corrected chi connectivity index (χ3v) is 6.41. The molecule has 0 unspecified atom stereocenters. The van der Waals surface area contributed by atoms with Gasteiger partial charge in [0.05, 0.1) is 4.90 Å². The maximum absolute atomic E-state index is 13.1. The van der Waals surface area contributed by atoms with Crippen molar-refractivity contribution >= 4 is 22.2 Å². The quantitative estimate of drug-likeness (QED) is 0.671. The molecule has 0 bridgehead atoms. The van der Waals surface area contributed by atoms with Gasteiger partial charge in [0.1, 0.15) is 12.1 Å². The van der Waals surface area contributed by atoms with Crippen molar-refractivity contribution in [2.75, 3.05) is 0 Å². The summed E-state index contributed by atoms with van der Waals surface area (Å²) >= 11 is 0. The molecule has 146 valence electrons. The smallest absolute Gasteiger partial charge is 0.424 e. The van der Waals surface area contributed by atoms with E-state index in [9.17, 15) is 13.2 Å². The van der Waals surface area contributed by atoms with Crippen LogP contribution in [0.1, 0.15) is 24.5 Å². The van der Waals surface area contributed by atoms with Crippen molar-refractivity contribution in [3.8, 4) is 0 Å². The molecule has 1 saturated heterocycles. The average Bonchev–Trinajstić information content (AvgIpc) is 2.97. The number of benzene rings is 2.